The van der Waals surface area contributed by atoms with Gasteiger partial charge < -0.3 is 9.47 Å². The van der Waals surface area contributed by atoms with Gasteiger partial charge in [0.15, 0.2) is 0 Å². The van der Waals surface area contributed by atoms with E-state index in [1.807, 2.05) is 36.4 Å². The molecule has 0 aliphatic heterocycles. The molecular weight excluding hydrogens is 338 g/mol. The average molecular weight is 350 g/mol. The molecule has 0 N–H and O–H groups in total. The Hall–Kier alpha value is -1.59. The van der Waals surface area contributed by atoms with E-state index in [0.29, 0.717) is 0 Å². The van der Waals surface area contributed by atoms with Crippen molar-refractivity contribution in [3.05, 3.63) is 40.9 Å². The number of methoxy groups -OCH3 is 2. The summed E-state index contributed by atoms with van der Waals surface area (Å²) in [6.07, 6.45) is 0. The summed E-state index contributed by atoms with van der Waals surface area (Å²) in [6.45, 7) is 0. The zero-order valence-corrected chi connectivity index (χ0v) is 13.4. The lowest BCUT2D eigenvalue weighted by Gasteiger charge is -2.06. The Bertz CT molecular complexity index is 770. The van der Waals surface area contributed by atoms with Gasteiger partial charge in [-0.3, -0.25) is 0 Å². The number of hydrogen-bond donors (Lipinski definition) is 0. The predicted molar refractivity (Wildman–Crippen MR) is 85.9 cm³/mol. The second kappa shape index (κ2) is 5.42. The summed E-state index contributed by atoms with van der Waals surface area (Å²) in [5.74, 6) is 1.65. The lowest BCUT2D eigenvalue weighted by atomic mass is 10.2. The van der Waals surface area contributed by atoms with Crippen LogP contribution in [0.3, 0.4) is 0 Å². The van der Waals surface area contributed by atoms with Crippen LogP contribution >= 0.6 is 27.3 Å². The Balaban J connectivity index is 2.15. The van der Waals surface area contributed by atoms with Crippen molar-refractivity contribution in [2.75, 3.05) is 14.2 Å². The van der Waals surface area contributed by atoms with Gasteiger partial charge in [0.25, 0.3) is 0 Å². The van der Waals surface area contributed by atoms with Crippen LogP contribution in [0.5, 0.6) is 11.5 Å². The maximum atomic E-state index is 5.33. The average Bonchev–Trinajstić information content (AvgIpc) is 2.89. The third-order valence-electron chi connectivity index (χ3n) is 3.01. The number of nitrogens with zero attached hydrogens (tertiary/aromatic N) is 1. The molecule has 0 aliphatic rings. The minimum absolute atomic E-state index is 0.805. The summed E-state index contributed by atoms with van der Waals surface area (Å²) in [7, 11) is 3.33. The van der Waals surface area contributed by atoms with Crippen LogP contribution in [-0.2, 0) is 0 Å². The summed E-state index contributed by atoms with van der Waals surface area (Å²) in [4.78, 5) is 4.67. The normalized spacial score (nSPS) is 10.8. The molecule has 0 bridgehead atoms. The molecule has 0 spiro atoms. The highest BCUT2D eigenvalue weighted by Crippen LogP contribution is 2.39. The van der Waals surface area contributed by atoms with Gasteiger partial charge in [-0.2, -0.15) is 0 Å². The van der Waals surface area contributed by atoms with Gasteiger partial charge in [0.2, 0.25) is 0 Å². The van der Waals surface area contributed by atoms with E-state index in [1.165, 1.54) is 0 Å². The summed E-state index contributed by atoms with van der Waals surface area (Å²) < 4.78 is 12.6. The van der Waals surface area contributed by atoms with E-state index in [4.69, 9.17) is 9.47 Å². The standard InChI is InChI=1S/C15H12BrNO2S/c1-18-9-6-7-11-13(8-9)20-15(17-11)10-4-3-5-12(19-2)14(10)16/h3-8H,1-2H3. The highest BCUT2D eigenvalue weighted by Gasteiger charge is 2.12. The van der Waals surface area contributed by atoms with Crippen LogP contribution in [0.15, 0.2) is 40.9 Å². The van der Waals surface area contributed by atoms with Crippen molar-refractivity contribution in [2.24, 2.45) is 0 Å². The molecule has 0 saturated heterocycles. The fourth-order valence-corrected chi connectivity index (χ4v) is 3.75. The molecule has 0 saturated carbocycles. The molecule has 5 heteroatoms. The van der Waals surface area contributed by atoms with E-state index in [1.54, 1.807) is 25.6 Å². The van der Waals surface area contributed by atoms with E-state index >= 15 is 0 Å². The van der Waals surface area contributed by atoms with Crippen molar-refractivity contribution < 1.29 is 9.47 Å². The quantitative estimate of drug-likeness (QED) is 0.684. The number of rotatable bonds is 3. The maximum absolute atomic E-state index is 5.33. The van der Waals surface area contributed by atoms with Gasteiger partial charge in [-0.05, 0) is 40.2 Å². The topological polar surface area (TPSA) is 31.4 Å². The van der Waals surface area contributed by atoms with Crippen molar-refractivity contribution in [3.8, 4) is 22.1 Å². The molecule has 1 heterocycles. The molecule has 0 amide bonds. The van der Waals surface area contributed by atoms with Crippen molar-refractivity contribution >= 4 is 37.5 Å². The highest BCUT2D eigenvalue weighted by molar-refractivity contribution is 9.10. The Morgan fingerprint density at radius 3 is 2.70 bits per heavy atom. The smallest absolute Gasteiger partial charge is 0.133 e. The molecule has 3 rings (SSSR count). The van der Waals surface area contributed by atoms with Gasteiger partial charge in [-0.25, -0.2) is 4.98 Å². The van der Waals surface area contributed by atoms with Crippen LogP contribution in [0.4, 0.5) is 0 Å². The SMILES string of the molecule is COc1ccc2nc(-c3cccc(OC)c3Br)sc2c1. The third kappa shape index (κ3) is 2.27. The van der Waals surface area contributed by atoms with Gasteiger partial charge in [0.05, 0.1) is 28.9 Å². The fraction of sp³-hybridized carbons (Fsp3) is 0.133. The van der Waals surface area contributed by atoms with Crippen molar-refractivity contribution in [3.63, 3.8) is 0 Å². The number of ether oxygens (including phenoxy) is 2. The highest BCUT2D eigenvalue weighted by atomic mass is 79.9. The van der Waals surface area contributed by atoms with Crippen molar-refractivity contribution in [1.82, 2.24) is 4.98 Å². The zero-order chi connectivity index (χ0) is 14.1. The number of benzene rings is 2. The van der Waals surface area contributed by atoms with E-state index in [0.717, 1.165) is 36.8 Å². The van der Waals surface area contributed by atoms with Crippen LogP contribution in [0.25, 0.3) is 20.8 Å². The number of hydrogen-bond acceptors (Lipinski definition) is 4. The van der Waals surface area contributed by atoms with E-state index < -0.39 is 0 Å². The first-order valence-electron chi connectivity index (χ1n) is 6.00. The first kappa shape index (κ1) is 13.4. The largest absolute Gasteiger partial charge is 0.497 e. The fourth-order valence-electron chi connectivity index (χ4n) is 1.98. The lowest BCUT2D eigenvalue weighted by Crippen LogP contribution is -1.86. The van der Waals surface area contributed by atoms with E-state index in [-0.39, 0.29) is 0 Å². The monoisotopic (exact) mass is 349 g/mol. The molecule has 0 unspecified atom stereocenters. The van der Waals surface area contributed by atoms with Crippen LogP contribution in [-0.4, -0.2) is 19.2 Å². The molecular formula is C15H12BrNO2S. The molecule has 3 nitrogen and oxygen atoms in total. The second-order valence-electron chi connectivity index (χ2n) is 4.17. The van der Waals surface area contributed by atoms with E-state index in [2.05, 4.69) is 20.9 Å². The molecule has 20 heavy (non-hydrogen) atoms. The summed E-state index contributed by atoms with van der Waals surface area (Å²) in [6, 6.07) is 11.8. The second-order valence-corrected chi connectivity index (χ2v) is 6.00. The zero-order valence-electron chi connectivity index (χ0n) is 11.0. The Kier molecular flexibility index (Phi) is 3.63. The van der Waals surface area contributed by atoms with Crippen LogP contribution in [0.1, 0.15) is 0 Å². The summed E-state index contributed by atoms with van der Waals surface area (Å²) in [5, 5.41) is 0.957. The Morgan fingerprint density at radius 1 is 1.10 bits per heavy atom. The number of thiazole rings is 1. The maximum Gasteiger partial charge on any atom is 0.133 e. The summed E-state index contributed by atoms with van der Waals surface area (Å²) >= 11 is 5.22. The minimum Gasteiger partial charge on any atom is -0.497 e. The number of aromatic nitrogens is 1. The first-order valence-corrected chi connectivity index (χ1v) is 7.61. The van der Waals surface area contributed by atoms with Crippen LogP contribution in [0, 0.1) is 0 Å². The van der Waals surface area contributed by atoms with Gasteiger partial charge in [0, 0.05) is 5.56 Å². The first-order chi connectivity index (χ1) is 9.72. The van der Waals surface area contributed by atoms with Gasteiger partial charge in [-0.1, -0.05) is 12.1 Å². The van der Waals surface area contributed by atoms with Crippen molar-refractivity contribution in [2.45, 2.75) is 0 Å². The molecule has 3 aromatic rings. The molecule has 1 aromatic heterocycles. The van der Waals surface area contributed by atoms with Gasteiger partial charge in [-0.15, -0.1) is 11.3 Å². The Labute approximate surface area is 129 Å². The molecule has 102 valence electrons. The molecule has 0 atom stereocenters. The van der Waals surface area contributed by atoms with E-state index in [9.17, 15) is 0 Å². The molecule has 0 fully saturated rings. The van der Waals surface area contributed by atoms with Crippen molar-refractivity contribution in [1.29, 1.82) is 0 Å². The summed E-state index contributed by atoms with van der Waals surface area (Å²) in [5.41, 5.74) is 2.00. The predicted octanol–water partition coefficient (Wildman–Crippen LogP) is 4.74. The number of fused-ring (bicyclic) bond motifs is 1. The molecule has 0 aliphatic carbocycles. The van der Waals surface area contributed by atoms with Crippen LogP contribution in [0.2, 0.25) is 0 Å². The Morgan fingerprint density at radius 2 is 1.95 bits per heavy atom. The molecule has 0 radical (unpaired) electrons. The minimum atomic E-state index is 0.805. The van der Waals surface area contributed by atoms with Crippen LogP contribution < -0.4 is 9.47 Å². The number of halogens is 1. The van der Waals surface area contributed by atoms with Gasteiger partial charge >= 0.3 is 0 Å². The molecule has 2 aromatic carbocycles. The third-order valence-corrected chi connectivity index (χ3v) is 4.88. The van der Waals surface area contributed by atoms with Gasteiger partial charge in [0.1, 0.15) is 16.5 Å². The lowest BCUT2D eigenvalue weighted by molar-refractivity contribution is 0.412.